The first-order valence-corrected chi connectivity index (χ1v) is 12.8. The van der Waals surface area contributed by atoms with Gasteiger partial charge in [0.2, 0.25) is 11.9 Å². The third-order valence-corrected chi connectivity index (χ3v) is 6.80. The number of halogens is 3. The maximum Gasteiger partial charge on any atom is 0.253 e. The van der Waals surface area contributed by atoms with Crippen LogP contribution < -0.4 is 16.2 Å². The Morgan fingerprint density at radius 3 is 2.57 bits per heavy atom. The van der Waals surface area contributed by atoms with Crippen LogP contribution in [0.25, 0.3) is 11.0 Å². The minimum Gasteiger partial charge on any atom is -0.349 e. The van der Waals surface area contributed by atoms with Crippen LogP contribution in [0.2, 0.25) is 5.02 Å². The van der Waals surface area contributed by atoms with Crippen molar-refractivity contribution in [1.29, 1.82) is 0 Å². The first-order valence-electron chi connectivity index (χ1n) is 12.4. The molecule has 1 aromatic carbocycles. The van der Waals surface area contributed by atoms with Crippen LogP contribution in [0, 0.1) is 5.41 Å². The van der Waals surface area contributed by atoms with Crippen LogP contribution in [-0.4, -0.2) is 32.4 Å². The molecule has 3 aromatic rings. The summed E-state index contributed by atoms with van der Waals surface area (Å²) >= 11 is 6.43. The second-order valence-corrected chi connectivity index (χ2v) is 11.4. The molecule has 1 aliphatic carbocycles. The zero-order valence-corrected chi connectivity index (χ0v) is 22.2. The number of pyridine rings is 1. The Hall–Kier alpha value is -3.07. The van der Waals surface area contributed by atoms with Gasteiger partial charge in [0.15, 0.2) is 0 Å². The van der Waals surface area contributed by atoms with Gasteiger partial charge in [-0.2, -0.15) is 4.98 Å². The van der Waals surface area contributed by atoms with E-state index in [1.54, 1.807) is 35.0 Å². The molecule has 4 rings (SSSR count). The number of rotatable bonds is 6. The molecule has 0 radical (unpaired) electrons. The number of fused-ring (bicyclic) bond motifs is 1. The standard InChI is InChI=1S/C27H32ClF2N5O2/c1-16(32-25-31-14-18-6-8-22(36)35(23(18)34-25)15-26(2,3)4)17-5-7-20(21(28)13-17)24(37)33-19-9-11-27(29,30)12-10-19/h5-8,13-14,16,19H,9-12,15H2,1-4H3,(H,33,37)(H,31,32,34)/t16-/m0/s1. The molecule has 37 heavy (non-hydrogen) atoms. The fraction of sp³-hybridized carbons (Fsp3) is 0.481. The summed E-state index contributed by atoms with van der Waals surface area (Å²) in [7, 11) is 0. The molecule has 0 unspecified atom stereocenters. The molecule has 1 atom stereocenters. The van der Waals surface area contributed by atoms with Crippen molar-refractivity contribution in [2.24, 2.45) is 5.41 Å². The zero-order chi connectivity index (χ0) is 27.0. The zero-order valence-electron chi connectivity index (χ0n) is 21.4. The second kappa shape index (κ2) is 10.4. The van der Waals surface area contributed by atoms with Crippen molar-refractivity contribution in [2.45, 2.75) is 77.9 Å². The summed E-state index contributed by atoms with van der Waals surface area (Å²) in [6, 6.07) is 7.81. The van der Waals surface area contributed by atoms with Crippen LogP contribution in [0.1, 0.15) is 75.3 Å². The van der Waals surface area contributed by atoms with Gasteiger partial charge in [-0.25, -0.2) is 13.8 Å². The summed E-state index contributed by atoms with van der Waals surface area (Å²) < 4.78 is 28.4. The van der Waals surface area contributed by atoms with Crippen molar-refractivity contribution in [3.8, 4) is 0 Å². The number of nitrogens with one attached hydrogen (secondary N) is 2. The van der Waals surface area contributed by atoms with Crippen molar-refractivity contribution < 1.29 is 13.6 Å². The average Bonchev–Trinajstić information content (AvgIpc) is 2.81. The van der Waals surface area contributed by atoms with Gasteiger partial charge in [-0.15, -0.1) is 0 Å². The third kappa shape index (κ3) is 6.63. The summed E-state index contributed by atoms with van der Waals surface area (Å²) in [6.07, 6.45) is 1.71. The van der Waals surface area contributed by atoms with Crippen LogP contribution in [0.4, 0.5) is 14.7 Å². The number of benzene rings is 1. The Labute approximate surface area is 219 Å². The first kappa shape index (κ1) is 27.0. The summed E-state index contributed by atoms with van der Waals surface area (Å²) in [5.74, 6) is -2.66. The number of carbonyl (C=O) groups excluding carboxylic acids is 1. The highest BCUT2D eigenvalue weighted by Crippen LogP contribution is 2.33. The van der Waals surface area contributed by atoms with Gasteiger partial charge in [0.25, 0.3) is 11.5 Å². The van der Waals surface area contributed by atoms with E-state index in [0.29, 0.717) is 23.7 Å². The van der Waals surface area contributed by atoms with Crippen molar-refractivity contribution in [3.63, 3.8) is 0 Å². The van der Waals surface area contributed by atoms with Gasteiger partial charge < -0.3 is 10.6 Å². The Morgan fingerprint density at radius 2 is 1.92 bits per heavy atom. The first-order chi connectivity index (χ1) is 17.3. The van der Waals surface area contributed by atoms with Crippen LogP contribution in [0.3, 0.4) is 0 Å². The van der Waals surface area contributed by atoms with E-state index in [9.17, 15) is 18.4 Å². The fourth-order valence-corrected chi connectivity index (χ4v) is 4.75. The lowest BCUT2D eigenvalue weighted by atomic mass is 9.92. The lowest BCUT2D eigenvalue weighted by Gasteiger charge is -2.28. The quantitative estimate of drug-likeness (QED) is 0.409. The highest BCUT2D eigenvalue weighted by molar-refractivity contribution is 6.33. The monoisotopic (exact) mass is 531 g/mol. The molecule has 1 amide bonds. The molecular weight excluding hydrogens is 500 g/mol. The number of hydrogen-bond donors (Lipinski definition) is 2. The summed E-state index contributed by atoms with van der Waals surface area (Å²) in [4.78, 5) is 34.3. The van der Waals surface area contributed by atoms with E-state index in [2.05, 4.69) is 41.4 Å². The molecule has 2 heterocycles. The van der Waals surface area contributed by atoms with Gasteiger partial charge in [-0.05, 0) is 48.9 Å². The molecule has 2 N–H and O–H groups in total. The SMILES string of the molecule is C[C@H](Nc1ncc2ccc(=O)n(CC(C)(C)C)c2n1)c1ccc(C(=O)NC2CCC(F)(F)CC2)c(Cl)c1. The van der Waals surface area contributed by atoms with Crippen molar-refractivity contribution in [2.75, 3.05) is 5.32 Å². The third-order valence-electron chi connectivity index (χ3n) is 6.49. The molecule has 0 spiro atoms. The van der Waals surface area contributed by atoms with Gasteiger partial charge in [-0.3, -0.25) is 14.2 Å². The number of nitrogens with zero attached hydrogens (tertiary/aromatic N) is 3. The molecule has 1 saturated carbocycles. The fourth-order valence-electron chi connectivity index (χ4n) is 4.48. The number of hydrogen-bond acceptors (Lipinski definition) is 5. The molecule has 1 fully saturated rings. The molecular formula is C27H32ClF2N5O2. The summed E-state index contributed by atoms with van der Waals surface area (Å²) in [5, 5.41) is 7.10. The smallest absolute Gasteiger partial charge is 0.253 e. The number of alkyl halides is 2. The molecule has 2 aromatic heterocycles. The number of amides is 1. The van der Waals surface area contributed by atoms with E-state index in [4.69, 9.17) is 11.6 Å². The normalized spacial score (nSPS) is 16.9. The topological polar surface area (TPSA) is 88.9 Å². The Morgan fingerprint density at radius 1 is 1.22 bits per heavy atom. The highest BCUT2D eigenvalue weighted by atomic mass is 35.5. The molecule has 0 bridgehead atoms. The molecule has 198 valence electrons. The molecule has 0 saturated heterocycles. The van der Waals surface area contributed by atoms with Crippen LogP contribution in [0.5, 0.6) is 0 Å². The van der Waals surface area contributed by atoms with Crippen molar-refractivity contribution >= 4 is 34.5 Å². The number of anilines is 1. The number of aromatic nitrogens is 3. The van der Waals surface area contributed by atoms with Crippen LogP contribution in [0.15, 0.2) is 41.3 Å². The van der Waals surface area contributed by atoms with E-state index in [1.807, 2.05) is 6.92 Å². The summed E-state index contributed by atoms with van der Waals surface area (Å²) in [6.45, 7) is 8.60. The molecule has 10 heteroatoms. The van der Waals surface area contributed by atoms with E-state index >= 15 is 0 Å². The van der Waals surface area contributed by atoms with Gasteiger partial charge in [0.05, 0.1) is 16.6 Å². The highest BCUT2D eigenvalue weighted by Gasteiger charge is 2.35. The molecule has 1 aliphatic rings. The Kier molecular flexibility index (Phi) is 7.55. The minimum absolute atomic E-state index is 0.114. The Bertz CT molecular complexity index is 1360. The Balaban J connectivity index is 1.48. The minimum atomic E-state index is -2.65. The predicted octanol–water partition coefficient (Wildman–Crippen LogP) is 5.97. The lowest BCUT2D eigenvalue weighted by Crippen LogP contribution is -2.40. The van der Waals surface area contributed by atoms with E-state index in [0.717, 1.165) is 10.9 Å². The lowest BCUT2D eigenvalue weighted by molar-refractivity contribution is -0.0399. The number of carbonyl (C=O) groups is 1. The average molecular weight is 532 g/mol. The van der Waals surface area contributed by atoms with E-state index < -0.39 is 5.92 Å². The van der Waals surface area contributed by atoms with E-state index in [1.165, 1.54) is 6.07 Å². The predicted molar refractivity (Wildman–Crippen MR) is 141 cm³/mol. The maximum absolute atomic E-state index is 13.4. The van der Waals surface area contributed by atoms with Crippen molar-refractivity contribution in [1.82, 2.24) is 19.9 Å². The second-order valence-electron chi connectivity index (χ2n) is 11.0. The van der Waals surface area contributed by atoms with Crippen LogP contribution in [-0.2, 0) is 6.54 Å². The summed E-state index contributed by atoms with van der Waals surface area (Å²) in [5.41, 5.74) is 1.42. The van der Waals surface area contributed by atoms with Crippen LogP contribution >= 0.6 is 11.6 Å². The molecule has 7 nitrogen and oxygen atoms in total. The van der Waals surface area contributed by atoms with Gasteiger partial charge in [0.1, 0.15) is 5.65 Å². The van der Waals surface area contributed by atoms with Gasteiger partial charge in [-0.1, -0.05) is 38.4 Å². The van der Waals surface area contributed by atoms with Gasteiger partial charge >= 0.3 is 0 Å². The van der Waals surface area contributed by atoms with Crippen molar-refractivity contribution in [3.05, 3.63) is 63.0 Å². The van der Waals surface area contributed by atoms with E-state index in [-0.39, 0.29) is 59.7 Å². The van der Waals surface area contributed by atoms with Gasteiger partial charge in [0, 0.05) is 43.1 Å². The molecule has 0 aliphatic heterocycles. The largest absolute Gasteiger partial charge is 0.349 e. The maximum atomic E-state index is 13.4.